The van der Waals surface area contributed by atoms with Gasteiger partial charge in [0, 0.05) is 0 Å². The third-order valence-electron chi connectivity index (χ3n) is 5.67. The smallest absolute Gasteiger partial charge is 0.344 e. The van der Waals surface area contributed by atoms with Crippen LogP contribution >= 0.6 is 0 Å². The average molecular weight is 435 g/mol. The maximum atomic E-state index is 13.0. The Morgan fingerprint density at radius 1 is 1.00 bits per heavy atom. The minimum Gasteiger partial charge on any atom is -0.467 e. The van der Waals surface area contributed by atoms with Gasteiger partial charge >= 0.3 is 5.97 Å². The van der Waals surface area contributed by atoms with Crippen LogP contribution in [-0.2, 0) is 11.3 Å². The lowest BCUT2D eigenvalue weighted by atomic mass is 10.1. The molecule has 0 aliphatic heterocycles. The number of para-hydroxylation sites is 2. The molecule has 7 heteroatoms. The quantitative estimate of drug-likeness (QED) is 0.240. The monoisotopic (exact) mass is 434 g/mol. The van der Waals surface area contributed by atoms with Crippen molar-refractivity contribution in [1.82, 2.24) is 14.5 Å². The van der Waals surface area contributed by atoms with Crippen LogP contribution in [0.5, 0.6) is 0 Å². The number of anilines is 1. The van der Waals surface area contributed by atoms with Crippen molar-refractivity contribution >= 4 is 34.0 Å². The highest BCUT2D eigenvalue weighted by molar-refractivity contribution is 6.08. The van der Waals surface area contributed by atoms with Gasteiger partial charge in [-0.05, 0) is 30.7 Å². The van der Waals surface area contributed by atoms with E-state index in [1.165, 1.54) is 32.1 Å². The summed E-state index contributed by atoms with van der Waals surface area (Å²) in [7, 11) is 0. The Balaban J connectivity index is 1.55. The fourth-order valence-corrected chi connectivity index (χ4v) is 3.93. The molecule has 3 heterocycles. The third kappa shape index (κ3) is 4.77. The summed E-state index contributed by atoms with van der Waals surface area (Å²) in [5.74, 6) is 0.545. The Labute approximate surface area is 187 Å². The Morgan fingerprint density at radius 2 is 1.72 bits per heavy atom. The summed E-state index contributed by atoms with van der Waals surface area (Å²) in [6, 6.07) is 11.2. The first-order valence-corrected chi connectivity index (χ1v) is 11.4. The van der Waals surface area contributed by atoms with Gasteiger partial charge < -0.3 is 19.5 Å². The second kappa shape index (κ2) is 10.3. The van der Waals surface area contributed by atoms with Crippen molar-refractivity contribution in [3.63, 3.8) is 0 Å². The van der Waals surface area contributed by atoms with E-state index < -0.39 is 5.97 Å². The van der Waals surface area contributed by atoms with Crippen molar-refractivity contribution in [3.8, 4) is 0 Å². The number of fused-ring (bicyclic) bond motifs is 2. The highest BCUT2D eigenvalue weighted by Gasteiger charge is 2.25. The van der Waals surface area contributed by atoms with Crippen LogP contribution in [0.3, 0.4) is 0 Å². The first-order chi connectivity index (χ1) is 15.7. The zero-order valence-electron chi connectivity index (χ0n) is 18.5. The Hall–Kier alpha value is -3.35. The maximum absolute atomic E-state index is 13.0. The Kier molecular flexibility index (Phi) is 7.04. The van der Waals surface area contributed by atoms with Gasteiger partial charge in [-0.15, -0.1) is 0 Å². The molecule has 0 spiro atoms. The fourth-order valence-electron chi connectivity index (χ4n) is 3.93. The van der Waals surface area contributed by atoms with Gasteiger partial charge in [-0.1, -0.05) is 57.6 Å². The van der Waals surface area contributed by atoms with E-state index in [4.69, 9.17) is 24.9 Å². The summed E-state index contributed by atoms with van der Waals surface area (Å²) < 4.78 is 12.8. The third-order valence-corrected chi connectivity index (χ3v) is 5.67. The van der Waals surface area contributed by atoms with Crippen LogP contribution in [0.15, 0.2) is 47.1 Å². The molecule has 0 aliphatic rings. The molecule has 0 aliphatic carbocycles. The number of rotatable bonds is 11. The first-order valence-electron chi connectivity index (χ1n) is 11.4. The molecule has 32 heavy (non-hydrogen) atoms. The molecule has 4 aromatic rings. The number of carbonyl (C=O) groups excluding carboxylic acids is 1. The molecule has 0 bridgehead atoms. The van der Waals surface area contributed by atoms with Crippen LogP contribution in [0.4, 0.5) is 5.82 Å². The summed E-state index contributed by atoms with van der Waals surface area (Å²) in [4.78, 5) is 22.4. The molecule has 7 nitrogen and oxygen atoms in total. The van der Waals surface area contributed by atoms with Gasteiger partial charge in [0.25, 0.3) is 0 Å². The number of hydrogen-bond donors (Lipinski definition) is 1. The molecule has 0 fully saturated rings. The van der Waals surface area contributed by atoms with E-state index in [0.717, 1.165) is 18.4 Å². The number of unbranched alkanes of at least 4 members (excludes halogenated alkanes) is 6. The second-order valence-electron chi connectivity index (χ2n) is 8.07. The predicted octanol–water partition coefficient (Wildman–Crippen LogP) is 5.72. The molecule has 0 radical (unpaired) electrons. The van der Waals surface area contributed by atoms with Gasteiger partial charge in [0.05, 0.1) is 30.4 Å². The van der Waals surface area contributed by atoms with Crippen molar-refractivity contribution in [1.29, 1.82) is 0 Å². The first kappa shape index (κ1) is 21.9. The normalized spacial score (nSPS) is 11.4. The summed E-state index contributed by atoms with van der Waals surface area (Å²) >= 11 is 0. The van der Waals surface area contributed by atoms with Crippen LogP contribution in [0.25, 0.3) is 22.2 Å². The topological polar surface area (TPSA) is 96.2 Å². The average Bonchev–Trinajstić information content (AvgIpc) is 3.40. The van der Waals surface area contributed by atoms with Crippen LogP contribution in [0, 0.1) is 0 Å². The standard InChI is InChI=1S/C25H30N4O3/c1-2-3-4-5-6-7-10-15-32-25(30)21-22-24(28-20-14-9-8-13-19(20)27-22)29(23(21)26)17-18-12-11-16-31-18/h8-9,11-14,16H,2-7,10,15,17,26H2,1H3. The molecule has 2 N–H and O–H groups in total. The molecule has 0 atom stereocenters. The number of benzene rings is 1. The predicted molar refractivity (Wildman–Crippen MR) is 126 cm³/mol. The number of nitrogens with two attached hydrogens (primary N) is 1. The van der Waals surface area contributed by atoms with Gasteiger partial charge in [0.2, 0.25) is 0 Å². The second-order valence-corrected chi connectivity index (χ2v) is 8.07. The summed E-state index contributed by atoms with van der Waals surface area (Å²) in [5.41, 5.74) is 9.15. The van der Waals surface area contributed by atoms with Gasteiger partial charge in [-0.25, -0.2) is 14.8 Å². The number of nitrogen functional groups attached to an aromatic ring is 1. The molecular formula is C25H30N4O3. The van der Waals surface area contributed by atoms with Gasteiger partial charge in [0.1, 0.15) is 22.7 Å². The van der Waals surface area contributed by atoms with Crippen LogP contribution in [-0.4, -0.2) is 27.1 Å². The van der Waals surface area contributed by atoms with Crippen LogP contribution < -0.4 is 5.73 Å². The summed E-state index contributed by atoms with van der Waals surface area (Å²) in [5, 5.41) is 0. The Morgan fingerprint density at radius 3 is 2.44 bits per heavy atom. The highest BCUT2D eigenvalue weighted by atomic mass is 16.5. The van der Waals surface area contributed by atoms with Gasteiger partial charge in [-0.2, -0.15) is 0 Å². The zero-order valence-corrected chi connectivity index (χ0v) is 18.5. The molecule has 0 saturated heterocycles. The molecule has 4 rings (SSSR count). The van der Waals surface area contributed by atoms with Crippen molar-refractivity contribution in [2.45, 2.75) is 58.4 Å². The van der Waals surface area contributed by atoms with Crippen LogP contribution in [0.2, 0.25) is 0 Å². The number of esters is 1. The molecule has 0 unspecified atom stereocenters. The van der Waals surface area contributed by atoms with Crippen molar-refractivity contribution in [2.75, 3.05) is 12.3 Å². The van der Waals surface area contributed by atoms with E-state index in [0.29, 0.717) is 35.6 Å². The van der Waals surface area contributed by atoms with Crippen molar-refractivity contribution in [3.05, 3.63) is 54.0 Å². The number of aromatic nitrogens is 3. The van der Waals surface area contributed by atoms with Gasteiger partial charge in [0.15, 0.2) is 5.65 Å². The fraction of sp³-hybridized carbons (Fsp3) is 0.400. The number of hydrogen-bond acceptors (Lipinski definition) is 6. The van der Waals surface area contributed by atoms with E-state index in [-0.39, 0.29) is 11.4 Å². The maximum Gasteiger partial charge on any atom is 0.344 e. The van der Waals surface area contributed by atoms with Crippen molar-refractivity contribution in [2.24, 2.45) is 0 Å². The Bertz CT molecular complexity index is 1180. The molecule has 0 amide bonds. The lowest BCUT2D eigenvalue weighted by molar-refractivity contribution is 0.0501. The van der Waals surface area contributed by atoms with E-state index in [1.807, 2.05) is 36.4 Å². The molecule has 168 valence electrons. The largest absolute Gasteiger partial charge is 0.467 e. The molecular weight excluding hydrogens is 404 g/mol. The molecule has 0 saturated carbocycles. The van der Waals surface area contributed by atoms with E-state index in [9.17, 15) is 4.79 Å². The molecule has 1 aromatic carbocycles. The number of carbonyl (C=O) groups is 1. The van der Waals surface area contributed by atoms with E-state index in [1.54, 1.807) is 10.8 Å². The number of furan rings is 1. The zero-order chi connectivity index (χ0) is 22.3. The summed E-state index contributed by atoms with van der Waals surface area (Å²) in [6.07, 6.45) is 9.70. The van der Waals surface area contributed by atoms with E-state index in [2.05, 4.69) is 6.92 Å². The van der Waals surface area contributed by atoms with E-state index >= 15 is 0 Å². The van der Waals surface area contributed by atoms with Crippen LogP contribution in [0.1, 0.15) is 68.0 Å². The lowest BCUT2D eigenvalue weighted by Gasteiger charge is -2.06. The van der Waals surface area contributed by atoms with Crippen molar-refractivity contribution < 1.29 is 13.9 Å². The molecule has 3 aromatic heterocycles. The number of nitrogens with zero attached hydrogens (tertiary/aromatic N) is 3. The number of ether oxygens (including phenoxy) is 1. The van der Waals surface area contributed by atoms with Gasteiger partial charge in [-0.3, -0.25) is 0 Å². The minimum absolute atomic E-state index is 0.271. The highest BCUT2D eigenvalue weighted by Crippen LogP contribution is 2.29. The minimum atomic E-state index is -0.457. The lowest BCUT2D eigenvalue weighted by Crippen LogP contribution is -2.11. The summed E-state index contributed by atoms with van der Waals surface area (Å²) in [6.45, 7) is 2.94. The SMILES string of the molecule is CCCCCCCCCOC(=O)c1c(N)n(Cc2ccco2)c2nc3ccccc3nc12.